The molecule has 0 aromatic heterocycles. The number of hydrogen-bond acceptors (Lipinski definition) is 5. The van der Waals surface area contributed by atoms with Crippen molar-refractivity contribution >= 4 is 39.1 Å². The maximum atomic E-state index is 12.5. The van der Waals surface area contributed by atoms with Gasteiger partial charge in [0.15, 0.2) is 9.84 Å². The molecule has 0 spiro atoms. The van der Waals surface area contributed by atoms with Crippen molar-refractivity contribution < 1.29 is 18.0 Å². The van der Waals surface area contributed by atoms with E-state index in [2.05, 4.69) is 10.6 Å². The largest absolute Gasteiger partial charge is 0.354 e. The Kier molecular flexibility index (Phi) is 6.51. The summed E-state index contributed by atoms with van der Waals surface area (Å²) >= 11 is 1.44. The van der Waals surface area contributed by atoms with Crippen molar-refractivity contribution in [3.05, 3.63) is 18.2 Å². The van der Waals surface area contributed by atoms with Crippen LogP contribution in [-0.4, -0.2) is 37.3 Å². The lowest BCUT2D eigenvalue weighted by atomic mass is 10.2. The van der Waals surface area contributed by atoms with Crippen LogP contribution in [0, 0.1) is 0 Å². The molecule has 1 aromatic rings. The maximum absolute atomic E-state index is 12.5. The van der Waals surface area contributed by atoms with Gasteiger partial charge in [0.05, 0.1) is 21.6 Å². The summed E-state index contributed by atoms with van der Waals surface area (Å²) in [5.74, 6) is -0.639. The Labute approximate surface area is 153 Å². The highest BCUT2D eigenvalue weighted by Crippen LogP contribution is 2.38. The van der Waals surface area contributed by atoms with Crippen LogP contribution in [0.15, 0.2) is 28.0 Å². The first kappa shape index (κ1) is 19.8. The van der Waals surface area contributed by atoms with Gasteiger partial charge in [-0.15, -0.1) is 11.8 Å². The summed E-state index contributed by atoms with van der Waals surface area (Å²) in [5.41, 5.74) is 0.518. The van der Waals surface area contributed by atoms with E-state index in [9.17, 15) is 18.0 Å². The van der Waals surface area contributed by atoms with Crippen LogP contribution in [-0.2, 0) is 19.4 Å². The molecule has 2 rings (SSSR count). The van der Waals surface area contributed by atoms with E-state index in [0.717, 1.165) is 11.3 Å². The van der Waals surface area contributed by atoms with Crippen molar-refractivity contribution in [3.8, 4) is 0 Å². The van der Waals surface area contributed by atoms with Crippen molar-refractivity contribution in [2.45, 2.75) is 61.1 Å². The number of anilines is 1. The molecule has 1 aliphatic rings. The number of hydrogen-bond donors (Lipinski definition) is 2. The Balaban J connectivity index is 2.09. The Hall–Kier alpha value is -1.54. The van der Waals surface area contributed by atoms with E-state index in [-0.39, 0.29) is 40.2 Å². The average Bonchev–Trinajstić information content (AvgIpc) is 2.58. The topological polar surface area (TPSA) is 92.3 Å². The molecule has 138 valence electrons. The molecule has 0 radical (unpaired) electrons. The zero-order valence-electron chi connectivity index (χ0n) is 14.7. The van der Waals surface area contributed by atoms with Gasteiger partial charge in [0, 0.05) is 17.4 Å². The van der Waals surface area contributed by atoms with E-state index >= 15 is 0 Å². The molecule has 0 bridgehead atoms. The van der Waals surface area contributed by atoms with Crippen LogP contribution >= 0.6 is 11.8 Å². The molecule has 0 aliphatic carbocycles. The number of sulfone groups is 1. The minimum atomic E-state index is -3.59. The van der Waals surface area contributed by atoms with Gasteiger partial charge in [-0.1, -0.05) is 13.8 Å². The van der Waals surface area contributed by atoms with E-state index in [0.29, 0.717) is 12.1 Å². The highest BCUT2D eigenvalue weighted by atomic mass is 32.2. The van der Waals surface area contributed by atoms with Gasteiger partial charge in [-0.2, -0.15) is 0 Å². The van der Waals surface area contributed by atoms with Crippen molar-refractivity contribution in [2.24, 2.45) is 0 Å². The molecule has 0 unspecified atom stereocenters. The monoisotopic (exact) mass is 384 g/mol. The molecule has 0 saturated heterocycles. The standard InChI is InChI=1S/C17H24N2O4S2/c1-4-11(3)18-16(20)8-9-25(22,23)12-6-7-15-13(10-12)19-17(21)14(5-2)24-15/h6-7,10-11,14H,4-5,8-9H2,1-3H3,(H,18,20)(H,19,21)/t11-,14-/m1/s1. The van der Waals surface area contributed by atoms with Crippen LogP contribution in [0.25, 0.3) is 0 Å². The van der Waals surface area contributed by atoms with Crippen LogP contribution in [0.4, 0.5) is 5.69 Å². The second-order valence-electron chi connectivity index (χ2n) is 6.11. The maximum Gasteiger partial charge on any atom is 0.237 e. The highest BCUT2D eigenvalue weighted by Gasteiger charge is 2.27. The van der Waals surface area contributed by atoms with E-state index < -0.39 is 9.84 Å². The molecule has 1 heterocycles. The van der Waals surface area contributed by atoms with Crippen molar-refractivity contribution in [3.63, 3.8) is 0 Å². The number of rotatable bonds is 7. The molecule has 2 N–H and O–H groups in total. The van der Waals surface area contributed by atoms with Crippen LogP contribution in [0.5, 0.6) is 0 Å². The zero-order valence-corrected chi connectivity index (χ0v) is 16.3. The fourth-order valence-electron chi connectivity index (χ4n) is 2.39. The number of fused-ring (bicyclic) bond motifs is 1. The lowest BCUT2D eigenvalue weighted by Gasteiger charge is -2.23. The number of carbonyl (C=O) groups is 2. The molecule has 2 atom stereocenters. The predicted molar refractivity (Wildman–Crippen MR) is 99.6 cm³/mol. The summed E-state index contributed by atoms with van der Waals surface area (Å²) in [7, 11) is -3.59. The Morgan fingerprint density at radius 2 is 2.08 bits per heavy atom. The molecule has 0 fully saturated rings. The van der Waals surface area contributed by atoms with Crippen LogP contribution in [0.2, 0.25) is 0 Å². The van der Waals surface area contributed by atoms with Crippen molar-refractivity contribution in [1.29, 1.82) is 0 Å². The second kappa shape index (κ2) is 8.23. The predicted octanol–water partition coefficient (Wildman–Crippen LogP) is 2.59. The molecule has 25 heavy (non-hydrogen) atoms. The Morgan fingerprint density at radius 1 is 1.36 bits per heavy atom. The quantitative estimate of drug-likeness (QED) is 0.754. The zero-order chi connectivity index (χ0) is 18.6. The Morgan fingerprint density at radius 3 is 2.72 bits per heavy atom. The number of amides is 2. The molecule has 2 amide bonds. The fourth-order valence-corrected chi connectivity index (χ4v) is 4.67. The smallest absolute Gasteiger partial charge is 0.237 e. The third-order valence-electron chi connectivity index (χ3n) is 4.12. The lowest BCUT2D eigenvalue weighted by molar-refractivity contribution is -0.121. The molecule has 0 saturated carbocycles. The summed E-state index contributed by atoms with van der Waals surface area (Å²) in [6.07, 6.45) is 1.42. The first-order valence-electron chi connectivity index (χ1n) is 8.40. The van der Waals surface area contributed by atoms with Gasteiger partial charge in [0.25, 0.3) is 0 Å². The SMILES string of the molecule is CC[C@@H](C)NC(=O)CCS(=O)(=O)c1ccc2c(c1)NC(=O)[C@@H](CC)S2. The van der Waals surface area contributed by atoms with E-state index in [1.165, 1.54) is 23.9 Å². The number of benzene rings is 1. The van der Waals surface area contributed by atoms with Crippen LogP contribution in [0.1, 0.15) is 40.0 Å². The molecule has 1 aromatic carbocycles. The lowest BCUT2D eigenvalue weighted by Crippen LogP contribution is -2.33. The summed E-state index contributed by atoms with van der Waals surface area (Å²) in [6, 6.07) is 4.76. The van der Waals surface area contributed by atoms with Crippen LogP contribution in [0.3, 0.4) is 0 Å². The Bertz CT molecular complexity index is 762. The van der Waals surface area contributed by atoms with Gasteiger partial charge < -0.3 is 10.6 Å². The second-order valence-corrected chi connectivity index (χ2v) is 9.46. The van der Waals surface area contributed by atoms with Gasteiger partial charge >= 0.3 is 0 Å². The van der Waals surface area contributed by atoms with Crippen molar-refractivity contribution in [1.82, 2.24) is 5.32 Å². The average molecular weight is 385 g/mol. The summed E-state index contributed by atoms with van der Waals surface area (Å²) in [4.78, 5) is 24.7. The summed E-state index contributed by atoms with van der Waals surface area (Å²) < 4.78 is 25.0. The molecular weight excluding hydrogens is 360 g/mol. The number of carbonyl (C=O) groups excluding carboxylic acids is 2. The normalized spacial score (nSPS) is 18.2. The fraction of sp³-hybridized carbons (Fsp3) is 0.529. The van der Waals surface area contributed by atoms with Gasteiger partial charge in [-0.05, 0) is 38.0 Å². The first-order valence-corrected chi connectivity index (χ1v) is 10.9. The molecule has 6 nitrogen and oxygen atoms in total. The number of nitrogens with one attached hydrogen (secondary N) is 2. The van der Waals surface area contributed by atoms with Gasteiger partial charge in [0.2, 0.25) is 11.8 Å². The van der Waals surface area contributed by atoms with Crippen molar-refractivity contribution in [2.75, 3.05) is 11.1 Å². The summed E-state index contributed by atoms with van der Waals surface area (Å²) in [6.45, 7) is 5.76. The molecule has 1 aliphatic heterocycles. The minimum absolute atomic E-state index is 0.0256. The third kappa shape index (κ3) is 4.98. The minimum Gasteiger partial charge on any atom is -0.354 e. The van der Waals surface area contributed by atoms with E-state index in [1.54, 1.807) is 6.07 Å². The van der Waals surface area contributed by atoms with E-state index in [1.807, 2.05) is 20.8 Å². The first-order chi connectivity index (χ1) is 11.8. The van der Waals surface area contributed by atoms with Gasteiger partial charge in [-0.25, -0.2) is 8.42 Å². The molecule has 8 heteroatoms. The van der Waals surface area contributed by atoms with Crippen LogP contribution < -0.4 is 10.6 Å². The number of thioether (sulfide) groups is 1. The van der Waals surface area contributed by atoms with E-state index in [4.69, 9.17) is 0 Å². The summed E-state index contributed by atoms with van der Waals surface area (Å²) in [5, 5.41) is 5.37. The van der Waals surface area contributed by atoms with Gasteiger partial charge in [-0.3, -0.25) is 9.59 Å². The molecular formula is C17H24N2O4S2. The third-order valence-corrected chi connectivity index (χ3v) is 7.27. The highest BCUT2D eigenvalue weighted by molar-refractivity contribution is 8.01. The van der Waals surface area contributed by atoms with Gasteiger partial charge in [0.1, 0.15) is 0 Å².